The summed E-state index contributed by atoms with van der Waals surface area (Å²) in [7, 11) is 3.98. The Kier molecular flexibility index (Phi) is 6.49. The lowest BCUT2D eigenvalue weighted by atomic mass is 10.2. The van der Waals surface area contributed by atoms with Crippen LogP contribution in [-0.2, 0) is 24.6 Å². The molecule has 0 atom stereocenters. The quantitative estimate of drug-likeness (QED) is 0.711. The molecule has 11 heteroatoms. The molecule has 0 saturated carbocycles. The van der Waals surface area contributed by atoms with Gasteiger partial charge in [0.2, 0.25) is 11.7 Å². The van der Waals surface area contributed by atoms with Crippen molar-refractivity contribution in [1.82, 2.24) is 19.7 Å². The van der Waals surface area contributed by atoms with Gasteiger partial charge in [0.25, 0.3) is 0 Å². The molecule has 0 aliphatic heterocycles. The number of hydrogen-bond donors (Lipinski definition) is 1. The van der Waals surface area contributed by atoms with Crippen molar-refractivity contribution in [3.63, 3.8) is 0 Å². The van der Waals surface area contributed by atoms with Crippen LogP contribution in [-0.4, -0.2) is 41.0 Å². The number of ether oxygens (including phenoxy) is 2. The van der Waals surface area contributed by atoms with Crippen molar-refractivity contribution in [2.24, 2.45) is 7.05 Å². The summed E-state index contributed by atoms with van der Waals surface area (Å²) in [5, 5.41) is 5.73. The van der Waals surface area contributed by atoms with Crippen LogP contribution in [0, 0.1) is 0 Å². The molecule has 0 unspecified atom stereocenters. The predicted octanol–water partition coefficient (Wildman–Crippen LogP) is 1.45. The van der Waals surface area contributed by atoms with Gasteiger partial charge in [0.05, 0.1) is 20.8 Å². The summed E-state index contributed by atoms with van der Waals surface area (Å²) in [6.45, 7) is -0.262. The SMILES string of the molecule is COc1ccc(/C=C/C(=O)NCCn2nc(C(F)(F)F)n(C)c2=O)cc1OC. The Bertz CT molecular complexity index is 931. The number of benzene rings is 1. The fraction of sp³-hybridized carbons (Fsp3) is 0.353. The molecular formula is C17H19F3N4O4. The first-order chi connectivity index (χ1) is 13.2. The number of amides is 1. The van der Waals surface area contributed by atoms with Gasteiger partial charge in [-0.3, -0.25) is 9.36 Å². The maximum atomic E-state index is 12.7. The monoisotopic (exact) mass is 400 g/mol. The molecule has 0 radical (unpaired) electrons. The zero-order valence-electron chi connectivity index (χ0n) is 15.4. The minimum atomic E-state index is -4.73. The summed E-state index contributed by atoms with van der Waals surface area (Å²) in [6, 6.07) is 5.08. The third kappa shape index (κ3) is 4.93. The van der Waals surface area contributed by atoms with Crippen LogP contribution in [0.3, 0.4) is 0 Å². The summed E-state index contributed by atoms with van der Waals surface area (Å²) in [4.78, 5) is 23.6. The van der Waals surface area contributed by atoms with Crippen molar-refractivity contribution in [2.75, 3.05) is 20.8 Å². The van der Waals surface area contributed by atoms with Crippen LogP contribution in [0.2, 0.25) is 0 Å². The van der Waals surface area contributed by atoms with Crippen LogP contribution in [0.5, 0.6) is 11.5 Å². The van der Waals surface area contributed by atoms with Crippen LogP contribution in [0.1, 0.15) is 11.4 Å². The van der Waals surface area contributed by atoms with Crippen molar-refractivity contribution in [1.29, 1.82) is 0 Å². The summed E-state index contributed by atoms with van der Waals surface area (Å²) >= 11 is 0. The summed E-state index contributed by atoms with van der Waals surface area (Å²) < 4.78 is 49.5. The molecule has 8 nitrogen and oxygen atoms in total. The van der Waals surface area contributed by atoms with E-state index in [9.17, 15) is 22.8 Å². The van der Waals surface area contributed by atoms with E-state index in [1.807, 2.05) is 0 Å². The Hall–Kier alpha value is -3.24. The Labute approximate surface area is 158 Å². The fourth-order valence-electron chi connectivity index (χ4n) is 2.35. The van der Waals surface area contributed by atoms with E-state index < -0.39 is 23.6 Å². The van der Waals surface area contributed by atoms with E-state index in [4.69, 9.17) is 9.47 Å². The molecule has 2 aromatic rings. The first-order valence-corrected chi connectivity index (χ1v) is 8.06. The van der Waals surface area contributed by atoms with Gasteiger partial charge in [-0.05, 0) is 23.8 Å². The highest BCUT2D eigenvalue weighted by Crippen LogP contribution is 2.28. The van der Waals surface area contributed by atoms with E-state index in [1.165, 1.54) is 26.4 Å². The van der Waals surface area contributed by atoms with Gasteiger partial charge < -0.3 is 14.8 Å². The molecule has 152 valence electrons. The number of carbonyl (C=O) groups is 1. The highest BCUT2D eigenvalue weighted by molar-refractivity contribution is 5.91. The maximum absolute atomic E-state index is 12.7. The van der Waals surface area contributed by atoms with Crippen molar-refractivity contribution >= 4 is 12.0 Å². The Morgan fingerprint density at radius 1 is 1.25 bits per heavy atom. The molecule has 0 bridgehead atoms. The van der Waals surface area contributed by atoms with Crippen molar-refractivity contribution in [3.8, 4) is 11.5 Å². The second-order valence-corrected chi connectivity index (χ2v) is 5.62. The highest BCUT2D eigenvalue weighted by Gasteiger charge is 2.37. The minimum Gasteiger partial charge on any atom is -0.493 e. The first kappa shape index (κ1) is 21.1. The van der Waals surface area contributed by atoms with Gasteiger partial charge >= 0.3 is 11.9 Å². The average molecular weight is 400 g/mol. The van der Waals surface area contributed by atoms with Crippen LogP contribution in [0.15, 0.2) is 29.1 Å². The minimum absolute atomic E-state index is 0.0661. The van der Waals surface area contributed by atoms with Crippen LogP contribution in [0.25, 0.3) is 6.08 Å². The van der Waals surface area contributed by atoms with E-state index in [1.54, 1.807) is 18.2 Å². The van der Waals surface area contributed by atoms with Gasteiger partial charge in [-0.1, -0.05) is 6.07 Å². The maximum Gasteiger partial charge on any atom is 0.451 e. The zero-order valence-corrected chi connectivity index (χ0v) is 15.4. The molecule has 0 fully saturated rings. The lowest BCUT2D eigenvalue weighted by Crippen LogP contribution is -2.31. The number of rotatable bonds is 7. The number of carbonyl (C=O) groups excluding carboxylic acids is 1. The van der Waals surface area contributed by atoms with Crippen LogP contribution in [0.4, 0.5) is 13.2 Å². The molecule has 0 aliphatic carbocycles. The fourth-order valence-corrected chi connectivity index (χ4v) is 2.35. The number of halogens is 3. The molecule has 1 heterocycles. The summed E-state index contributed by atoms with van der Waals surface area (Å²) in [5.41, 5.74) is -0.231. The first-order valence-electron chi connectivity index (χ1n) is 8.06. The van der Waals surface area contributed by atoms with E-state index in [0.29, 0.717) is 26.3 Å². The molecule has 1 aromatic carbocycles. The predicted molar refractivity (Wildman–Crippen MR) is 94.1 cm³/mol. The smallest absolute Gasteiger partial charge is 0.451 e. The number of aromatic nitrogens is 3. The number of methoxy groups -OCH3 is 2. The van der Waals surface area contributed by atoms with Crippen molar-refractivity contribution in [2.45, 2.75) is 12.7 Å². The molecule has 1 N–H and O–H groups in total. The Balaban J connectivity index is 1.95. The van der Waals surface area contributed by atoms with Gasteiger partial charge in [-0.25, -0.2) is 9.48 Å². The molecule has 1 aromatic heterocycles. The van der Waals surface area contributed by atoms with Crippen molar-refractivity contribution < 1.29 is 27.4 Å². The van der Waals surface area contributed by atoms with Gasteiger partial charge in [0.15, 0.2) is 11.5 Å². The lowest BCUT2D eigenvalue weighted by molar-refractivity contribution is -0.147. The standard InChI is InChI=1S/C17H19F3N4O4/c1-23-15(17(18,19)20)22-24(16(23)26)9-8-21-14(25)7-5-11-4-6-12(27-2)13(10-11)28-3/h4-7,10H,8-9H2,1-3H3,(H,21,25)/b7-5+. The normalized spacial score (nSPS) is 11.6. The summed E-state index contributed by atoms with van der Waals surface area (Å²) in [6.07, 6.45) is -1.94. The van der Waals surface area contributed by atoms with E-state index in [0.717, 1.165) is 7.05 Å². The lowest BCUT2D eigenvalue weighted by Gasteiger charge is -2.07. The molecule has 0 aliphatic rings. The molecule has 1 amide bonds. The van der Waals surface area contributed by atoms with E-state index in [-0.39, 0.29) is 13.1 Å². The highest BCUT2D eigenvalue weighted by atomic mass is 19.4. The zero-order chi connectivity index (χ0) is 20.9. The summed E-state index contributed by atoms with van der Waals surface area (Å²) in [5.74, 6) is -0.727. The second kappa shape index (κ2) is 8.63. The number of alkyl halides is 3. The number of nitrogens with zero attached hydrogens (tertiary/aromatic N) is 3. The topological polar surface area (TPSA) is 87.4 Å². The Morgan fingerprint density at radius 3 is 2.50 bits per heavy atom. The molecule has 28 heavy (non-hydrogen) atoms. The molecule has 0 spiro atoms. The third-order valence-corrected chi connectivity index (χ3v) is 3.75. The number of nitrogens with one attached hydrogen (secondary N) is 1. The molecular weight excluding hydrogens is 381 g/mol. The molecule has 0 saturated heterocycles. The third-order valence-electron chi connectivity index (χ3n) is 3.75. The largest absolute Gasteiger partial charge is 0.493 e. The van der Waals surface area contributed by atoms with Crippen molar-refractivity contribution in [3.05, 3.63) is 46.1 Å². The van der Waals surface area contributed by atoms with Gasteiger partial charge in [0.1, 0.15) is 0 Å². The second-order valence-electron chi connectivity index (χ2n) is 5.62. The average Bonchev–Trinajstić information content (AvgIpc) is 2.94. The number of hydrogen-bond acceptors (Lipinski definition) is 5. The van der Waals surface area contributed by atoms with E-state index in [2.05, 4.69) is 10.4 Å². The van der Waals surface area contributed by atoms with Gasteiger partial charge in [-0.15, -0.1) is 5.10 Å². The van der Waals surface area contributed by atoms with Gasteiger partial charge in [0, 0.05) is 19.7 Å². The van der Waals surface area contributed by atoms with Crippen LogP contribution >= 0.6 is 0 Å². The van der Waals surface area contributed by atoms with Crippen LogP contribution < -0.4 is 20.5 Å². The van der Waals surface area contributed by atoms with E-state index >= 15 is 0 Å². The molecule has 2 rings (SSSR count). The Morgan fingerprint density at radius 2 is 1.93 bits per heavy atom. The van der Waals surface area contributed by atoms with Gasteiger partial charge in [-0.2, -0.15) is 13.2 Å².